The normalized spacial score (nSPS) is 31.3. The highest BCUT2D eigenvalue weighted by atomic mass is 79.9. The maximum absolute atomic E-state index is 12.9. The summed E-state index contributed by atoms with van der Waals surface area (Å²) >= 11 is 13.4. The van der Waals surface area contributed by atoms with Gasteiger partial charge in [0.15, 0.2) is 0 Å². The second kappa shape index (κ2) is 9.40. The number of carbonyl (C=O) groups is 3. The summed E-state index contributed by atoms with van der Waals surface area (Å²) in [5, 5.41) is 3.34. The molecular weight excluding hydrogens is 552 g/mol. The van der Waals surface area contributed by atoms with Gasteiger partial charge in [0.2, 0.25) is 17.7 Å². The largest absolute Gasteiger partial charge is 0.495 e. The van der Waals surface area contributed by atoms with Crippen LogP contribution in [0.5, 0.6) is 5.75 Å². The summed E-state index contributed by atoms with van der Waals surface area (Å²) in [5.74, 6) is 0.602. The molecule has 0 unspecified atom stereocenters. The number of anilines is 1. The molecular formula is C22H25Br2ClN2O4. The molecule has 1 aromatic rings. The van der Waals surface area contributed by atoms with Gasteiger partial charge in [-0.25, -0.2) is 0 Å². The first-order valence-corrected chi connectivity index (χ1v) is 12.8. The topological polar surface area (TPSA) is 75.7 Å². The lowest BCUT2D eigenvalue weighted by molar-refractivity contribution is -0.140. The zero-order chi connectivity index (χ0) is 22.3. The zero-order valence-corrected chi connectivity index (χ0v) is 21.1. The lowest BCUT2D eigenvalue weighted by atomic mass is 9.81. The molecule has 1 N–H and O–H groups in total. The van der Waals surface area contributed by atoms with Crippen LogP contribution in [0.2, 0.25) is 5.02 Å². The molecule has 6 nitrogen and oxygen atoms in total. The Bertz CT molecular complexity index is 866. The van der Waals surface area contributed by atoms with Crippen molar-refractivity contribution in [3.8, 4) is 5.75 Å². The van der Waals surface area contributed by atoms with E-state index in [4.69, 9.17) is 16.3 Å². The van der Waals surface area contributed by atoms with Crippen molar-refractivity contribution in [2.24, 2.45) is 23.7 Å². The molecule has 9 heteroatoms. The Labute approximate surface area is 203 Å². The Morgan fingerprint density at radius 3 is 2.39 bits per heavy atom. The van der Waals surface area contributed by atoms with E-state index in [1.807, 2.05) is 0 Å². The number of nitrogens with one attached hydrogen (secondary N) is 1. The fourth-order valence-electron chi connectivity index (χ4n) is 5.35. The summed E-state index contributed by atoms with van der Waals surface area (Å²) in [4.78, 5) is 40.0. The van der Waals surface area contributed by atoms with Crippen molar-refractivity contribution < 1.29 is 19.1 Å². The van der Waals surface area contributed by atoms with E-state index in [2.05, 4.69) is 37.2 Å². The maximum Gasteiger partial charge on any atom is 0.233 e. The predicted octanol–water partition coefficient (Wildman–Crippen LogP) is 4.63. The van der Waals surface area contributed by atoms with E-state index < -0.39 is 0 Å². The quantitative estimate of drug-likeness (QED) is 0.278. The number of nitrogens with zero attached hydrogens (tertiary/aromatic N) is 1. The van der Waals surface area contributed by atoms with Crippen LogP contribution in [0.15, 0.2) is 18.2 Å². The van der Waals surface area contributed by atoms with Crippen molar-refractivity contribution in [3.05, 3.63) is 23.2 Å². The van der Waals surface area contributed by atoms with Crippen molar-refractivity contribution in [3.63, 3.8) is 0 Å². The highest BCUT2D eigenvalue weighted by molar-refractivity contribution is 9.12. The van der Waals surface area contributed by atoms with Gasteiger partial charge in [-0.15, -0.1) is 0 Å². The van der Waals surface area contributed by atoms with Gasteiger partial charge in [-0.05, 0) is 49.3 Å². The monoisotopic (exact) mass is 574 g/mol. The third kappa shape index (κ3) is 4.27. The molecule has 1 aromatic carbocycles. The van der Waals surface area contributed by atoms with Gasteiger partial charge in [0.05, 0.1) is 24.6 Å². The number of hydrogen-bond acceptors (Lipinski definition) is 4. The minimum Gasteiger partial charge on any atom is -0.495 e. The number of ether oxygens (including phenoxy) is 1. The summed E-state index contributed by atoms with van der Waals surface area (Å²) in [6.07, 6.45) is 3.44. The molecule has 0 aromatic heterocycles. The standard InChI is InChI=1S/C22H25Br2ClN2O4/c1-31-15-7-6-11(25)9-14(15)26-16(28)5-3-2-4-8-27-21(29)17-12-10-13(18(17)22(27)30)20(24)19(12)23/h6-7,9,12-13,17-20H,2-5,8,10H2,1H3,(H,26,28)/t12-,13-,17+,18+,19-,20-/m1/s1. The van der Waals surface area contributed by atoms with E-state index in [0.717, 1.165) is 12.8 Å². The number of benzene rings is 1. The van der Waals surface area contributed by atoms with Gasteiger partial charge in [0, 0.05) is 27.6 Å². The lowest BCUT2D eigenvalue weighted by Gasteiger charge is -2.28. The van der Waals surface area contributed by atoms with Gasteiger partial charge < -0.3 is 10.1 Å². The number of halogens is 3. The number of hydrogen-bond donors (Lipinski definition) is 1. The molecule has 168 valence electrons. The van der Waals surface area contributed by atoms with Gasteiger partial charge in [0.25, 0.3) is 0 Å². The van der Waals surface area contributed by atoms with E-state index in [9.17, 15) is 14.4 Å². The summed E-state index contributed by atoms with van der Waals surface area (Å²) in [6, 6.07) is 5.06. The van der Waals surface area contributed by atoms with Crippen LogP contribution < -0.4 is 10.1 Å². The van der Waals surface area contributed by atoms with E-state index in [0.29, 0.717) is 42.3 Å². The van der Waals surface area contributed by atoms with Crippen LogP contribution in [-0.4, -0.2) is 45.9 Å². The summed E-state index contributed by atoms with van der Waals surface area (Å²) in [5.41, 5.74) is 0.546. The Balaban J connectivity index is 1.22. The molecule has 0 radical (unpaired) electrons. The molecule has 2 saturated carbocycles. The minimum atomic E-state index is -0.158. The first-order chi connectivity index (χ1) is 14.8. The van der Waals surface area contributed by atoms with E-state index >= 15 is 0 Å². The average molecular weight is 577 g/mol. The van der Waals surface area contributed by atoms with Gasteiger partial charge in [-0.1, -0.05) is 49.9 Å². The fourth-order valence-corrected chi connectivity index (χ4v) is 7.40. The molecule has 2 aliphatic carbocycles. The van der Waals surface area contributed by atoms with Gasteiger partial charge in [-0.3, -0.25) is 19.3 Å². The Morgan fingerprint density at radius 2 is 1.77 bits per heavy atom. The van der Waals surface area contributed by atoms with E-state index in [1.165, 1.54) is 12.0 Å². The van der Waals surface area contributed by atoms with Gasteiger partial charge >= 0.3 is 0 Å². The molecule has 4 rings (SSSR count). The maximum atomic E-state index is 12.9. The van der Waals surface area contributed by atoms with Gasteiger partial charge in [0.1, 0.15) is 5.75 Å². The Kier molecular flexibility index (Phi) is 6.99. The second-order valence-corrected chi connectivity index (χ2v) is 11.1. The van der Waals surface area contributed by atoms with Crippen LogP contribution in [0.4, 0.5) is 5.69 Å². The number of methoxy groups -OCH3 is 1. The highest BCUT2D eigenvalue weighted by Crippen LogP contribution is 2.60. The number of imide groups is 1. The van der Waals surface area contributed by atoms with Crippen LogP contribution in [0, 0.1) is 23.7 Å². The molecule has 3 aliphatic rings. The summed E-state index contributed by atoms with van der Waals surface area (Å²) in [7, 11) is 1.54. The number of carbonyl (C=O) groups excluding carboxylic acids is 3. The second-order valence-electron chi connectivity index (χ2n) is 8.54. The Hall–Kier alpha value is -1.12. The first-order valence-electron chi connectivity index (χ1n) is 10.6. The van der Waals surface area contributed by atoms with Crippen LogP contribution in [-0.2, 0) is 14.4 Å². The number of alkyl halides is 2. The molecule has 0 spiro atoms. The first kappa shape index (κ1) is 23.1. The van der Waals surface area contributed by atoms with Crippen LogP contribution in [0.25, 0.3) is 0 Å². The summed E-state index contributed by atoms with van der Waals surface area (Å²) in [6.45, 7) is 0.438. The molecule has 6 atom stereocenters. The minimum absolute atomic E-state index is 0.00264. The van der Waals surface area contributed by atoms with Crippen LogP contribution in [0.3, 0.4) is 0 Å². The highest BCUT2D eigenvalue weighted by Gasteiger charge is 2.66. The van der Waals surface area contributed by atoms with Crippen molar-refractivity contribution >= 4 is 66.9 Å². The molecule has 3 fully saturated rings. The lowest BCUT2D eigenvalue weighted by Crippen LogP contribution is -2.37. The third-order valence-electron chi connectivity index (χ3n) is 6.80. The molecule has 1 aliphatic heterocycles. The molecule has 1 heterocycles. The smallest absolute Gasteiger partial charge is 0.233 e. The number of amides is 3. The number of likely N-dealkylation sites (tertiary alicyclic amines) is 1. The van der Waals surface area contributed by atoms with E-state index in [-0.39, 0.29) is 51.0 Å². The number of fused-ring (bicyclic) bond motifs is 5. The van der Waals surface area contributed by atoms with Crippen molar-refractivity contribution in [2.75, 3.05) is 19.0 Å². The fraction of sp³-hybridized carbons (Fsp3) is 0.591. The van der Waals surface area contributed by atoms with Crippen molar-refractivity contribution in [2.45, 2.75) is 41.8 Å². The van der Waals surface area contributed by atoms with Crippen LogP contribution >= 0.6 is 43.5 Å². The SMILES string of the molecule is COc1ccc(Cl)cc1NC(=O)CCCCCN1C(=O)[C@H]2[C@H]3C[C@@H]([C@@H](Br)[C@@H]3Br)[C@@H]2C1=O. The van der Waals surface area contributed by atoms with Crippen LogP contribution in [0.1, 0.15) is 32.1 Å². The van der Waals surface area contributed by atoms with Crippen molar-refractivity contribution in [1.82, 2.24) is 4.90 Å². The zero-order valence-electron chi connectivity index (χ0n) is 17.2. The number of rotatable bonds is 8. The molecule has 2 bridgehead atoms. The van der Waals surface area contributed by atoms with E-state index in [1.54, 1.807) is 18.2 Å². The number of unbranched alkanes of at least 4 members (excludes halogenated alkanes) is 2. The molecule has 31 heavy (non-hydrogen) atoms. The summed E-state index contributed by atoms with van der Waals surface area (Å²) < 4.78 is 5.24. The average Bonchev–Trinajstić information content (AvgIpc) is 3.34. The predicted molar refractivity (Wildman–Crippen MR) is 126 cm³/mol. The Morgan fingerprint density at radius 1 is 1.13 bits per heavy atom. The molecule has 1 saturated heterocycles. The molecule has 3 amide bonds. The van der Waals surface area contributed by atoms with Crippen molar-refractivity contribution in [1.29, 1.82) is 0 Å². The third-order valence-corrected chi connectivity index (χ3v) is 10.2. The van der Waals surface area contributed by atoms with Gasteiger partial charge in [-0.2, -0.15) is 0 Å².